The average molecular weight is 133 g/mol. The largest absolute Gasteiger partial charge is 0.396 e. The minimum Gasteiger partial charge on any atom is -0.396 e. The summed E-state index contributed by atoms with van der Waals surface area (Å²) in [4.78, 5) is 0. The van der Waals surface area contributed by atoms with Crippen LogP contribution in [0.2, 0.25) is 0 Å². The molecule has 0 saturated heterocycles. The highest BCUT2D eigenvalue weighted by atomic mass is 16.3. The zero-order valence-electron chi connectivity index (χ0n) is 5.54. The Labute approximate surface area is 54.9 Å². The summed E-state index contributed by atoms with van der Waals surface area (Å²) < 4.78 is 0. The topological polar surface area (TPSA) is 60.7 Å². The van der Waals surface area contributed by atoms with Crippen LogP contribution in [0, 0.1) is 6.10 Å². The number of aliphatic hydroxyl groups is 3. The number of hydrogen-bond acceptors (Lipinski definition) is 3. The minimum absolute atomic E-state index is 0.0278. The molecule has 0 saturated carbocycles. The molecule has 1 atom stereocenters. The van der Waals surface area contributed by atoms with E-state index < -0.39 is 6.10 Å². The van der Waals surface area contributed by atoms with E-state index in [-0.39, 0.29) is 19.1 Å². The molecule has 55 valence electrons. The predicted molar refractivity (Wildman–Crippen MR) is 33.2 cm³/mol. The van der Waals surface area contributed by atoms with E-state index in [1.165, 1.54) is 0 Å². The van der Waals surface area contributed by atoms with Gasteiger partial charge in [-0.15, -0.1) is 0 Å². The third kappa shape index (κ3) is 3.46. The summed E-state index contributed by atoms with van der Waals surface area (Å²) in [6.45, 7) is 1.65. The van der Waals surface area contributed by atoms with Gasteiger partial charge < -0.3 is 15.3 Å². The van der Waals surface area contributed by atoms with Gasteiger partial charge in [-0.05, 0) is 6.42 Å². The number of rotatable bonds is 4. The highest BCUT2D eigenvalue weighted by Crippen LogP contribution is 2.08. The van der Waals surface area contributed by atoms with E-state index in [4.69, 9.17) is 15.3 Å². The van der Waals surface area contributed by atoms with E-state index in [0.29, 0.717) is 6.42 Å². The SMILES string of the molecule is CCC(O)[C](O)CCO. The fourth-order valence-electron chi connectivity index (χ4n) is 0.517. The molecular weight excluding hydrogens is 120 g/mol. The molecule has 0 rings (SSSR count). The summed E-state index contributed by atoms with van der Waals surface area (Å²) in [5.41, 5.74) is 0. The van der Waals surface area contributed by atoms with Crippen LogP contribution in [0.3, 0.4) is 0 Å². The van der Waals surface area contributed by atoms with Crippen LogP contribution in [0.25, 0.3) is 0 Å². The lowest BCUT2D eigenvalue weighted by atomic mass is 10.1. The Hall–Kier alpha value is -0.120. The third-order valence-electron chi connectivity index (χ3n) is 1.14. The summed E-state index contributed by atoms with van der Waals surface area (Å²) in [6, 6.07) is 0. The van der Waals surface area contributed by atoms with Gasteiger partial charge in [-0.25, -0.2) is 0 Å². The average Bonchev–Trinajstić information content (AvgIpc) is 1.87. The third-order valence-corrected chi connectivity index (χ3v) is 1.14. The maximum absolute atomic E-state index is 8.86. The first-order chi connectivity index (χ1) is 4.22. The fraction of sp³-hybridized carbons (Fsp3) is 0.833. The van der Waals surface area contributed by atoms with Crippen LogP contribution in [0.5, 0.6) is 0 Å². The van der Waals surface area contributed by atoms with E-state index in [9.17, 15) is 0 Å². The van der Waals surface area contributed by atoms with Crippen molar-refractivity contribution in [2.45, 2.75) is 25.9 Å². The van der Waals surface area contributed by atoms with E-state index in [0.717, 1.165) is 0 Å². The van der Waals surface area contributed by atoms with Gasteiger partial charge in [0.05, 0.1) is 6.10 Å². The zero-order chi connectivity index (χ0) is 7.28. The van der Waals surface area contributed by atoms with Crippen LogP contribution >= 0.6 is 0 Å². The van der Waals surface area contributed by atoms with Crippen LogP contribution in [-0.2, 0) is 0 Å². The van der Waals surface area contributed by atoms with Gasteiger partial charge in [-0.1, -0.05) is 6.92 Å². The molecule has 0 aromatic carbocycles. The Bertz CT molecular complexity index is 65.3. The summed E-state index contributed by atoms with van der Waals surface area (Å²) >= 11 is 0. The number of hydrogen-bond donors (Lipinski definition) is 3. The van der Waals surface area contributed by atoms with Gasteiger partial charge in [0.25, 0.3) is 0 Å². The van der Waals surface area contributed by atoms with Gasteiger partial charge in [-0.3, -0.25) is 0 Å². The highest BCUT2D eigenvalue weighted by Gasteiger charge is 2.13. The first-order valence-corrected chi connectivity index (χ1v) is 3.06. The maximum atomic E-state index is 8.86. The molecule has 0 aliphatic heterocycles. The quantitative estimate of drug-likeness (QED) is 0.507. The van der Waals surface area contributed by atoms with Gasteiger partial charge in [0, 0.05) is 13.0 Å². The van der Waals surface area contributed by atoms with Gasteiger partial charge in [0.15, 0.2) is 0 Å². The summed E-state index contributed by atoms with van der Waals surface area (Å²) in [7, 11) is 0. The molecule has 3 N–H and O–H groups in total. The Morgan fingerprint density at radius 3 is 2.44 bits per heavy atom. The van der Waals surface area contributed by atoms with Gasteiger partial charge in [-0.2, -0.15) is 0 Å². The summed E-state index contributed by atoms with van der Waals surface area (Å²) in [5, 5.41) is 26.0. The second kappa shape index (κ2) is 4.73. The predicted octanol–water partition coefficient (Wildman–Crippen LogP) is 0.0442. The molecule has 0 aromatic heterocycles. The Morgan fingerprint density at radius 1 is 1.56 bits per heavy atom. The lowest BCUT2D eigenvalue weighted by Crippen LogP contribution is -2.17. The molecule has 3 nitrogen and oxygen atoms in total. The smallest absolute Gasteiger partial charge is 0.124 e. The summed E-state index contributed by atoms with van der Waals surface area (Å²) in [5.74, 6) is 0. The van der Waals surface area contributed by atoms with Crippen LogP contribution in [0.4, 0.5) is 0 Å². The molecule has 0 amide bonds. The van der Waals surface area contributed by atoms with Crippen molar-refractivity contribution in [3.05, 3.63) is 6.10 Å². The Kier molecular flexibility index (Phi) is 4.67. The molecular formula is C6H13O3. The normalized spacial score (nSPS) is 14.3. The highest BCUT2D eigenvalue weighted by molar-refractivity contribution is 4.82. The van der Waals surface area contributed by atoms with Crippen molar-refractivity contribution in [2.75, 3.05) is 6.61 Å². The van der Waals surface area contributed by atoms with Crippen LogP contribution in [-0.4, -0.2) is 28.0 Å². The number of aliphatic hydroxyl groups excluding tert-OH is 3. The second-order valence-electron chi connectivity index (χ2n) is 1.89. The molecule has 1 radical (unpaired) electrons. The molecule has 0 spiro atoms. The first-order valence-electron chi connectivity index (χ1n) is 3.06. The van der Waals surface area contributed by atoms with Gasteiger partial charge in [0.1, 0.15) is 6.10 Å². The Morgan fingerprint density at radius 2 is 2.11 bits per heavy atom. The molecule has 0 aromatic rings. The van der Waals surface area contributed by atoms with Crippen molar-refractivity contribution >= 4 is 0 Å². The first kappa shape index (κ1) is 8.88. The molecule has 0 aliphatic rings. The van der Waals surface area contributed by atoms with E-state index in [1.807, 2.05) is 0 Å². The molecule has 0 fully saturated rings. The van der Waals surface area contributed by atoms with Gasteiger partial charge >= 0.3 is 0 Å². The van der Waals surface area contributed by atoms with E-state index in [1.54, 1.807) is 6.92 Å². The van der Waals surface area contributed by atoms with E-state index >= 15 is 0 Å². The molecule has 3 heteroatoms. The standard InChI is InChI=1S/C6H13O3/c1-2-5(8)6(9)3-4-7/h5,7-9H,2-4H2,1H3. The molecule has 9 heavy (non-hydrogen) atoms. The Balaban J connectivity index is 3.32. The van der Waals surface area contributed by atoms with Crippen molar-refractivity contribution in [3.63, 3.8) is 0 Å². The zero-order valence-corrected chi connectivity index (χ0v) is 5.54. The van der Waals surface area contributed by atoms with Crippen LogP contribution in [0.15, 0.2) is 0 Å². The lowest BCUT2D eigenvalue weighted by Gasteiger charge is -2.12. The minimum atomic E-state index is -0.767. The lowest BCUT2D eigenvalue weighted by molar-refractivity contribution is 0.0787. The molecule has 0 heterocycles. The van der Waals surface area contributed by atoms with Crippen LogP contribution in [0.1, 0.15) is 19.8 Å². The van der Waals surface area contributed by atoms with Crippen LogP contribution < -0.4 is 0 Å². The second-order valence-corrected chi connectivity index (χ2v) is 1.89. The van der Waals surface area contributed by atoms with Crippen molar-refractivity contribution in [2.24, 2.45) is 0 Å². The molecule has 0 bridgehead atoms. The van der Waals surface area contributed by atoms with Crippen molar-refractivity contribution in [3.8, 4) is 0 Å². The van der Waals surface area contributed by atoms with E-state index in [2.05, 4.69) is 0 Å². The fourth-order valence-corrected chi connectivity index (χ4v) is 0.517. The van der Waals surface area contributed by atoms with Gasteiger partial charge in [0.2, 0.25) is 0 Å². The van der Waals surface area contributed by atoms with Crippen molar-refractivity contribution in [1.82, 2.24) is 0 Å². The maximum Gasteiger partial charge on any atom is 0.124 e. The summed E-state index contributed by atoms with van der Waals surface area (Å²) in [6.07, 6.45) is -0.127. The molecule has 0 aliphatic carbocycles. The van der Waals surface area contributed by atoms with Crippen molar-refractivity contribution < 1.29 is 15.3 Å². The molecule has 1 unspecified atom stereocenters. The monoisotopic (exact) mass is 133 g/mol. The van der Waals surface area contributed by atoms with Crippen molar-refractivity contribution in [1.29, 1.82) is 0 Å².